The van der Waals surface area contributed by atoms with E-state index in [0.717, 1.165) is 35.5 Å². The molecule has 4 rings (SSSR count). The van der Waals surface area contributed by atoms with Gasteiger partial charge in [0.25, 0.3) is 0 Å². The molecule has 5 nitrogen and oxygen atoms in total. The Hall–Kier alpha value is -2.53. The first kappa shape index (κ1) is 19.8. The van der Waals surface area contributed by atoms with E-state index in [9.17, 15) is 4.79 Å². The summed E-state index contributed by atoms with van der Waals surface area (Å²) in [5.41, 5.74) is 3.52. The standard InChI is InChI=1S/C24H29NO4/c1-3-27-23(26)13-17-7-9-18(10-8-17)19-11-12-20(14-19)25-16(2)21-5-4-6-22-24(21)29-15-28-22/h4-10,16,19-20,25H,3,11-15H2,1-2H3/t16-,19-,20+/m1/s1. The van der Waals surface area contributed by atoms with Crippen LogP contribution < -0.4 is 14.8 Å². The van der Waals surface area contributed by atoms with Crippen LogP contribution in [0.4, 0.5) is 0 Å². The molecule has 2 aromatic carbocycles. The van der Waals surface area contributed by atoms with Gasteiger partial charge in [-0.05, 0) is 56.2 Å². The number of benzene rings is 2. The van der Waals surface area contributed by atoms with Crippen molar-refractivity contribution in [3.63, 3.8) is 0 Å². The van der Waals surface area contributed by atoms with Gasteiger partial charge in [0, 0.05) is 17.6 Å². The van der Waals surface area contributed by atoms with Gasteiger partial charge in [-0.3, -0.25) is 4.79 Å². The minimum atomic E-state index is -0.166. The molecule has 154 valence electrons. The highest BCUT2D eigenvalue weighted by molar-refractivity contribution is 5.72. The van der Waals surface area contributed by atoms with Crippen molar-refractivity contribution in [2.24, 2.45) is 0 Å². The second-order valence-electron chi connectivity index (χ2n) is 7.90. The fourth-order valence-corrected chi connectivity index (χ4v) is 4.46. The Kier molecular flexibility index (Phi) is 6.05. The fourth-order valence-electron chi connectivity index (χ4n) is 4.46. The Bertz CT molecular complexity index is 848. The Morgan fingerprint density at radius 1 is 1.17 bits per heavy atom. The van der Waals surface area contributed by atoms with Crippen LogP contribution in [0.2, 0.25) is 0 Å². The van der Waals surface area contributed by atoms with Crippen molar-refractivity contribution in [2.45, 2.75) is 57.5 Å². The first-order valence-corrected chi connectivity index (χ1v) is 10.5. The van der Waals surface area contributed by atoms with E-state index >= 15 is 0 Å². The van der Waals surface area contributed by atoms with Crippen LogP contribution in [0.15, 0.2) is 42.5 Å². The minimum Gasteiger partial charge on any atom is -0.466 e. The maximum absolute atomic E-state index is 11.6. The average Bonchev–Trinajstić information content (AvgIpc) is 3.38. The van der Waals surface area contributed by atoms with Crippen molar-refractivity contribution in [1.29, 1.82) is 0 Å². The van der Waals surface area contributed by atoms with Crippen LogP contribution in [-0.2, 0) is 16.0 Å². The van der Waals surface area contributed by atoms with E-state index in [1.807, 2.05) is 19.1 Å². The summed E-state index contributed by atoms with van der Waals surface area (Å²) in [5.74, 6) is 2.10. The summed E-state index contributed by atoms with van der Waals surface area (Å²) in [5, 5.41) is 3.78. The molecule has 5 heteroatoms. The molecule has 29 heavy (non-hydrogen) atoms. The molecule has 2 aromatic rings. The summed E-state index contributed by atoms with van der Waals surface area (Å²) in [7, 11) is 0. The lowest BCUT2D eigenvalue weighted by Gasteiger charge is -2.21. The molecule has 3 atom stereocenters. The van der Waals surface area contributed by atoms with Crippen LogP contribution in [0.5, 0.6) is 11.5 Å². The molecule has 0 radical (unpaired) electrons. The van der Waals surface area contributed by atoms with Gasteiger partial charge < -0.3 is 19.5 Å². The van der Waals surface area contributed by atoms with Gasteiger partial charge in [-0.25, -0.2) is 0 Å². The molecule has 1 heterocycles. The van der Waals surface area contributed by atoms with Crippen molar-refractivity contribution < 1.29 is 19.0 Å². The number of ether oxygens (including phenoxy) is 3. The summed E-state index contributed by atoms with van der Waals surface area (Å²) >= 11 is 0. The SMILES string of the molecule is CCOC(=O)Cc1ccc([C@@H]2CC[C@H](N[C@H](C)c3cccc4c3OCO4)C2)cc1. The Labute approximate surface area is 172 Å². The zero-order valence-electron chi connectivity index (χ0n) is 17.1. The molecule has 0 unspecified atom stereocenters. The van der Waals surface area contributed by atoms with Crippen molar-refractivity contribution in [2.75, 3.05) is 13.4 Å². The molecule has 1 fully saturated rings. The number of rotatable bonds is 7. The van der Waals surface area contributed by atoms with Gasteiger partial charge in [-0.2, -0.15) is 0 Å². The summed E-state index contributed by atoms with van der Waals surface area (Å²) < 4.78 is 16.2. The molecule has 0 aromatic heterocycles. The zero-order chi connectivity index (χ0) is 20.2. The Morgan fingerprint density at radius 2 is 2.00 bits per heavy atom. The van der Waals surface area contributed by atoms with Gasteiger partial charge >= 0.3 is 5.97 Å². The topological polar surface area (TPSA) is 56.8 Å². The lowest BCUT2D eigenvalue weighted by molar-refractivity contribution is -0.142. The van der Waals surface area contributed by atoms with Gasteiger partial charge in [0.2, 0.25) is 6.79 Å². The third-order valence-corrected chi connectivity index (χ3v) is 5.92. The predicted octanol–water partition coefficient (Wildman–Crippen LogP) is 4.51. The second kappa shape index (κ2) is 8.87. The Balaban J connectivity index is 1.33. The smallest absolute Gasteiger partial charge is 0.310 e. The highest BCUT2D eigenvalue weighted by Gasteiger charge is 2.28. The monoisotopic (exact) mass is 395 g/mol. The highest BCUT2D eigenvalue weighted by atomic mass is 16.7. The normalized spacial score (nSPS) is 21.2. The van der Waals surface area contributed by atoms with Gasteiger partial charge in [-0.1, -0.05) is 36.4 Å². The molecular weight excluding hydrogens is 366 g/mol. The van der Waals surface area contributed by atoms with Crippen LogP contribution in [0.25, 0.3) is 0 Å². The quantitative estimate of drug-likeness (QED) is 0.699. The number of carbonyl (C=O) groups excluding carboxylic acids is 1. The predicted molar refractivity (Wildman–Crippen MR) is 111 cm³/mol. The van der Waals surface area contributed by atoms with Crippen molar-refractivity contribution >= 4 is 5.97 Å². The van der Waals surface area contributed by atoms with Gasteiger partial charge in [-0.15, -0.1) is 0 Å². The number of fused-ring (bicyclic) bond motifs is 1. The van der Waals surface area contributed by atoms with E-state index in [1.165, 1.54) is 12.0 Å². The summed E-state index contributed by atoms with van der Waals surface area (Å²) in [6.45, 7) is 4.75. The van der Waals surface area contributed by atoms with Crippen LogP contribution in [0.1, 0.15) is 61.8 Å². The molecule has 1 saturated carbocycles. The van der Waals surface area contributed by atoms with Gasteiger partial charge in [0.1, 0.15) is 0 Å². The number of para-hydroxylation sites is 1. The van der Waals surface area contributed by atoms with E-state index in [0.29, 0.717) is 31.8 Å². The third kappa shape index (κ3) is 4.56. The lowest BCUT2D eigenvalue weighted by atomic mass is 9.95. The summed E-state index contributed by atoms with van der Waals surface area (Å²) in [6.07, 6.45) is 3.79. The van der Waals surface area contributed by atoms with Crippen LogP contribution in [-0.4, -0.2) is 25.4 Å². The molecular formula is C24H29NO4. The first-order chi connectivity index (χ1) is 14.1. The molecule has 0 saturated heterocycles. The molecule has 0 amide bonds. The molecule has 1 aliphatic heterocycles. The number of carbonyl (C=O) groups is 1. The zero-order valence-corrected chi connectivity index (χ0v) is 17.1. The molecule has 1 aliphatic carbocycles. The average molecular weight is 395 g/mol. The first-order valence-electron chi connectivity index (χ1n) is 10.5. The minimum absolute atomic E-state index is 0.166. The van der Waals surface area contributed by atoms with E-state index in [1.54, 1.807) is 0 Å². The van der Waals surface area contributed by atoms with Crippen LogP contribution >= 0.6 is 0 Å². The fraction of sp³-hybridized carbons (Fsp3) is 0.458. The highest BCUT2D eigenvalue weighted by Crippen LogP contribution is 2.40. The largest absolute Gasteiger partial charge is 0.466 e. The maximum Gasteiger partial charge on any atom is 0.310 e. The number of nitrogens with one attached hydrogen (secondary N) is 1. The maximum atomic E-state index is 11.6. The van der Waals surface area contributed by atoms with Crippen molar-refractivity contribution in [3.05, 3.63) is 59.2 Å². The van der Waals surface area contributed by atoms with Crippen molar-refractivity contribution in [3.8, 4) is 11.5 Å². The number of hydrogen-bond acceptors (Lipinski definition) is 5. The molecule has 1 N–H and O–H groups in total. The third-order valence-electron chi connectivity index (χ3n) is 5.92. The van der Waals surface area contributed by atoms with Crippen LogP contribution in [0.3, 0.4) is 0 Å². The number of esters is 1. The van der Waals surface area contributed by atoms with E-state index in [2.05, 4.69) is 42.6 Å². The Morgan fingerprint density at radius 3 is 2.79 bits per heavy atom. The van der Waals surface area contributed by atoms with Crippen LogP contribution in [0, 0.1) is 0 Å². The van der Waals surface area contributed by atoms with Gasteiger partial charge in [0.15, 0.2) is 11.5 Å². The molecule has 0 bridgehead atoms. The molecule has 2 aliphatic rings. The summed E-state index contributed by atoms with van der Waals surface area (Å²) in [6, 6.07) is 15.2. The van der Waals surface area contributed by atoms with Crippen molar-refractivity contribution in [1.82, 2.24) is 5.32 Å². The summed E-state index contributed by atoms with van der Waals surface area (Å²) in [4.78, 5) is 11.6. The molecule has 0 spiro atoms. The van der Waals surface area contributed by atoms with Gasteiger partial charge in [0.05, 0.1) is 13.0 Å². The van der Waals surface area contributed by atoms with E-state index < -0.39 is 0 Å². The lowest BCUT2D eigenvalue weighted by Crippen LogP contribution is -2.29. The second-order valence-corrected chi connectivity index (χ2v) is 7.90. The van der Waals surface area contributed by atoms with E-state index in [4.69, 9.17) is 14.2 Å². The van der Waals surface area contributed by atoms with E-state index in [-0.39, 0.29) is 12.0 Å². The number of hydrogen-bond donors (Lipinski definition) is 1.